The molecule has 1 nitrogen and oxygen atoms in total. The molecular formula is C15H22O. The molecule has 0 aliphatic heterocycles. The molecule has 0 bridgehead atoms. The Balaban J connectivity index is 2.42. The Morgan fingerprint density at radius 2 is 2.25 bits per heavy atom. The molecule has 1 heteroatoms. The summed E-state index contributed by atoms with van der Waals surface area (Å²) in [4.78, 5) is 12.0. The van der Waals surface area contributed by atoms with Crippen LogP contribution in [0.4, 0.5) is 0 Å². The molecule has 0 heterocycles. The summed E-state index contributed by atoms with van der Waals surface area (Å²) in [5.41, 5.74) is 1.89. The molecular weight excluding hydrogens is 196 g/mol. The van der Waals surface area contributed by atoms with E-state index in [1.54, 1.807) is 0 Å². The van der Waals surface area contributed by atoms with E-state index < -0.39 is 5.41 Å². The average molecular weight is 220 g/mol. The molecule has 0 aromatic heterocycles. The van der Waals surface area contributed by atoms with Crippen LogP contribution >= 0.6 is 0 Å². The molecule has 0 aromatic rings. The molecule has 88 valence electrons. The standard InChI is InChI=1S/C15H22O/c1-12-6-9-15(11-16,10-7-12)14(3)8-4-5-13(14)2/h6,11H,2,4-5,7-10H2,1,3H3/t14-,15+/m1/s1/i11T. The van der Waals surface area contributed by atoms with Gasteiger partial charge < -0.3 is 4.79 Å². The predicted molar refractivity (Wildman–Crippen MR) is 67.2 cm³/mol. The highest BCUT2D eigenvalue weighted by Gasteiger charge is 2.51. The highest BCUT2D eigenvalue weighted by Crippen LogP contribution is 2.58. The summed E-state index contributed by atoms with van der Waals surface area (Å²) in [7, 11) is 0. The van der Waals surface area contributed by atoms with Gasteiger partial charge in [-0.2, -0.15) is 0 Å². The van der Waals surface area contributed by atoms with E-state index >= 15 is 0 Å². The molecule has 1 fully saturated rings. The lowest BCUT2D eigenvalue weighted by atomic mass is 9.57. The topological polar surface area (TPSA) is 17.1 Å². The third kappa shape index (κ3) is 1.49. The summed E-state index contributed by atoms with van der Waals surface area (Å²) in [5, 5.41) is 0. The van der Waals surface area contributed by atoms with E-state index in [0.717, 1.165) is 38.5 Å². The highest BCUT2D eigenvalue weighted by molar-refractivity contribution is 5.64. The van der Waals surface area contributed by atoms with Gasteiger partial charge in [-0.1, -0.05) is 30.7 Å². The van der Waals surface area contributed by atoms with Crippen LogP contribution in [0.15, 0.2) is 23.8 Å². The fourth-order valence-corrected chi connectivity index (χ4v) is 3.36. The number of carbonyl (C=O) groups excluding carboxylic acids is 1. The van der Waals surface area contributed by atoms with Crippen molar-refractivity contribution in [3.8, 4) is 0 Å². The maximum atomic E-state index is 12.0. The Bertz CT molecular complexity index is 396. The first-order valence-electron chi connectivity index (χ1n) is 6.77. The van der Waals surface area contributed by atoms with Gasteiger partial charge in [-0.3, -0.25) is 0 Å². The molecule has 0 saturated heterocycles. The van der Waals surface area contributed by atoms with Crippen LogP contribution in [0, 0.1) is 10.8 Å². The van der Waals surface area contributed by atoms with Gasteiger partial charge in [0.1, 0.15) is 7.63 Å². The normalized spacial score (nSPS) is 40.5. The average Bonchev–Trinajstić information content (AvgIpc) is 2.61. The van der Waals surface area contributed by atoms with E-state index in [1.165, 1.54) is 11.1 Å². The van der Waals surface area contributed by atoms with Gasteiger partial charge >= 0.3 is 0 Å². The van der Waals surface area contributed by atoms with E-state index in [4.69, 9.17) is 1.37 Å². The second-order valence-electron chi connectivity index (χ2n) is 5.73. The predicted octanol–water partition coefficient (Wildman–Crippen LogP) is 4.05. The van der Waals surface area contributed by atoms with Crippen molar-refractivity contribution in [1.29, 1.82) is 0 Å². The summed E-state index contributed by atoms with van der Waals surface area (Å²) in [6.45, 7) is 8.44. The lowest BCUT2D eigenvalue weighted by Gasteiger charge is -2.45. The third-order valence-electron chi connectivity index (χ3n) is 4.93. The number of aldehydes is 1. The largest absolute Gasteiger partial charge is 0.303 e. The summed E-state index contributed by atoms with van der Waals surface area (Å²) < 4.78 is 7.76. The lowest BCUT2D eigenvalue weighted by molar-refractivity contribution is -0.122. The smallest absolute Gasteiger partial charge is 0.127 e. The molecule has 0 amide bonds. The molecule has 1 saturated carbocycles. The fraction of sp³-hybridized carbons (Fsp3) is 0.667. The van der Waals surface area contributed by atoms with Crippen molar-refractivity contribution in [1.82, 2.24) is 0 Å². The van der Waals surface area contributed by atoms with Crippen LogP contribution in [0.5, 0.6) is 0 Å². The molecule has 2 atom stereocenters. The van der Waals surface area contributed by atoms with Crippen LogP contribution in [-0.4, -0.2) is 6.26 Å². The second-order valence-corrected chi connectivity index (χ2v) is 5.73. The van der Waals surface area contributed by atoms with Crippen molar-refractivity contribution in [3.05, 3.63) is 23.8 Å². The second kappa shape index (κ2) is 3.87. The van der Waals surface area contributed by atoms with Gasteiger partial charge in [0.05, 0.1) is 0 Å². The first-order valence-corrected chi connectivity index (χ1v) is 6.27. The zero-order valence-corrected chi connectivity index (χ0v) is 10.4. The van der Waals surface area contributed by atoms with Crippen LogP contribution < -0.4 is 0 Å². The molecule has 0 aromatic carbocycles. The van der Waals surface area contributed by atoms with E-state index in [9.17, 15) is 4.79 Å². The Morgan fingerprint density at radius 3 is 2.69 bits per heavy atom. The van der Waals surface area contributed by atoms with Crippen LogP contribution in [0.3, 0.4) is 0 Å². The minimum absolute atomic E-state index is 0.150. The summed E-state index contributed by atoms with van der Waals surface area (Å²) in [6, 6.07) is 0. The molecule has 0 unspecified atom stereocenters. The van der Waals surface area contributed by atoms with Crippen molar-refractivity contribution < 1.29 is 6.17 Å². The first-order chi connectivity index (χ1) is 7.92. The molecule has 16 heavy (non-hydrogen) atoms. The minimum atomic E-state index is -0.500. The van der Waals surface area contributed by atoms with Gasteiger partial charge in [0.25, 0.3) is 0 Å². The molecule has 0 N–H and O–H groups in total. The Labute approximate surface area is 100 Å². The van der Waals surface area contributed by atoms with Crippen molar-refractivity contribution >= 4 is 6.26 Å². The SMILES string of the molecule is [3H]C(=O)[C@]1([C@]2(C)CCCC2=C)CC=C(C)CC1. The minimum Gasteiger partial charge on any atom is -0.303 e. The zero-order valence-electron chi connectivity index (χ0n) is 11.4. The first kappa shape index (κ1) is 10.3. The quantitative estimate of drug-likeness (QED) is 0.507. The van der Waals surface area contributed by atoms with Crippen molar-refractivity contribution in [2.24, 2.45) is 10.8 Å². The molecule has 2 aliphatic rings. The molecule has 0 radical (unpaired) electrons. The molecule has 0 spiro atoms. The molecule has 2 aliphatic carbocycles. The Hall–Kier alpha value is -0.850. The van der Waals surface area contributed by atoms with Gasteiger partial charge in [0, 0.05) is 10.8 Å². The van der Waals surface area contributed by atoms with E-state index in [-0.39, 0.29) is 11.7 Å². The van der Waals surface area contributed by atoms with Crippen LogP contribution in [0.1, 0.15) is 53.7 Å². The zero-order chi connectivity index (χ0) is 12.7. The van der Waals surface area contributed by atoms with Crippen LogP contribution in [-0.2, 0) is 4.79 Å². The summed E-state index contributed by atoms with van der Waals surface area (Å²) in [5.74, 6) is 0. The fourth-order valence-electron chi connectivity index (χ4n) is 3.36. The summed E-state index contributed by atoms with van der Waals surface area (Å²) in [6.07, 6.45) is 7.45. The van der Waals surface area contributed by atoms with Gasteiger partial charge in [0.2, 0.25) is 0 Å². The third-order valence-corrected chi connectivity index (χ3v) is 4.93. The lowest BCUT2D eigenvalue weighted by Crippen LogP contribution is -2.41. The van der Waals surface area contributed by atoms with E-state index in [1.807, 2.05) is 0 Å². The number of carbonyl (C=O) groups is 1. The Kier molecular flexibility index (Phi) is 2.49. The van der Waals surface area contributed by atoms with E-state index in [0.29, 0.717) is 0 Å². The van der Waals surface area contributed by atoms with Crippen LogP contribution in [0.25, 0.3) is 0 Å². The highest BCUT2D eigenvalue weighted by atomic mass is 16.1. The van der Waals surface area contributed by atoms with Gasteiger partial charge in [-0.05, 0) is 45.4 Å². The Morgan fingerprint density at radius 1 is 1.50 bits per heavy atom. The number of hydrogen-bond acceptors (Lipinski definition) is 1. The van der Waals surface area contributed by atoms with Crippen molar-refractivity contribution in [2.75, 3.05) is 0 Å². The van der Waals surface area contributed by atoms with Gasteiger partial charge in [-0.15, -0.1) is 0 Å². The maximum absolute atomic E-state index is 12.0. The van der Waals surface area contributed by atoms with Crippen LogP contribution in [0.2, 0.25) is 0 Å². The van der Waals surface area contributed by atoms with Crippen molar-refractivity contribution in [3.63, 3.8) is 0 Å². The number of allylic oxidation sites excluding steroid dienone is 3. The maximum Gasteiger partial charge on any atom is 0.127 e. The monoisotopic (exact) mass is 220 g/mol. The number of rotatable bonds is 2. The van der Waals surface area contributed by atoms with Gasteiger partial charge in [-0.25, -0.2) is 0 Å². The summed E-state index contributed by atoms with van der Waals surface area (Å²) >= 11 is 0. The van der Waals surface area contributed by atoms with Gasteiger partial charge in [0.15, 0.2) is 0 Å². The van der Waals surface area contributed by atoms with Crippen molar-refractivity contribution in [2.45, 2.75) is 52.4 Å². The van der Waals surface area contributed by atoms with E-state index in [2.05, 4.69) is 26.5 Å². The number of hydrogen-bond donors (Lipinski definition) is 0. The molecule has 2 rings (SSSR count).